The van der Waals surface area contributed by atoms with E-state index in [1.165, 1.54) is 32.1 Å². The third kappa shape index (κ3) is 2.78. The molecule has 0 spiro atoms. The molecule has 0 aromatic carbocycles. The number of hydrogen-bond acceptors (Lipinski definition) is 2. The van der Waals surface area contributed by atoms with Crippen molar-refractivity contribution in [3.8, 4) is 0 Å². The van der Waals surface area contributed by atoms with Crippen molar-refractivity contribution in [1.29, 1.82) is 0 Å². The molecule has 2 N–H and O–H groups in total. The van der Waals surface area contributed by atoms with E-state index in [9.17, 15) is 5.11 Å². The van der Waals surface area contributed by atoms with Gasteiger partial charge in [0.15, 0.2) is 0 Å². The maximum absolute atomic E-state index is 10.8. The van der Waals surface area contributed by atoms with E-state index < -0.39 is 0 Å². The SMILES string of the molecule is CCC1CCC(C2(O)CCCNCC2)CC1. The van der Waals surface area contributed by atoms with Crippen molar-refractivity contribution in [3.05, 3.63) is 0 Å². The van der Waals surface area contributed by atoms with Crippen LogP contribution in [0.25, 0.3) is 0 Å². The molecule has 0 radical (unpaired) electrons. The summed E-state index contributed by atoms with van der Waals surface area (Å²) < 4.78 is 0. The number of aliphatic hydroxyl groups is 1. The van der Waals surface area contributed by atoms with Gasteiger partial charge in [0, 0.05) is 0 Å². The smallest absolute Gasteiger partial charge is 0.0688 e. The zero-order chi connectivity index (χ0) is 11.4. The summed E-state index contributed by atoms with van der Waals surface area (Å²) >= 11 is 0. The van der Waals surface area contributed by atoms with E-state index in [0.717, 1.165) is 38.3 Å². The summed E-state index contributed by atoms with van der Waals surface area (Å²) in [7, 11) is 0. The van der Waals surface area contributed by atoms with Crippen molar-refractivity contribution < 1.29 is 5.11 Å². The highest BCUT2D eigenvalue weighted by atomic mass is 16.3. The second kappa shape index (κ2) is 5.50. The molecular weight excluding hydrogens is 198 g/mol. The van der Waals surface area contributed by atoms with Crippen LogP contribution >= 0.6 is 0 Å². The molecule has 2 aliphatic rings. The molecule has 2 heteroatoms. The first-order valence-corrected chi connectivity index (χ1v) is 7.17. The summed E-state index contributed by atoms with van der Waals surface area (Å²) in [6, 6.07) is 0. The Morgan fingerprint density at radius 2 is 1.88 bits per heavy atom. The van der Waals surface area contributed by atoms with E-state index in [0.29, 0.717) is 5.92 Å². The van der Waals surface area contributed by atoms with Gasteiger partial charge < -0.3 is 10.4 Å². The predicted octanol–water partition coefficient (Wildman–Crippen LogP) is 2.71. The van der Waals surface area contributed by atoms with Crippen molar-refractivity contribution in [2.75, 3.05) is 13.1 Å². The molecule has 1 heterocycles. The Hall–Kier alpha value is -0.0800. The molecule has 1 saturated heterocycles. The molecule has 1 aliphatic heterocycles. The average Bonchev–Trinajstić information content (AvgIpc) is 2.55. The van der Waals surface area contributed by atoms with Gasteiger partial charge in [-0.15, -0.1) is 0 Å². The van der Waals surface area contributed by atoms with Gasteiger partial charge in [-0.3, -0.25) is 0 Å². The Kier molecular flexibility index (Phi) is 4.26. The lowest BCUT2D eigenvalue weighted by Crippen LogP contribution is -2.40. The highest BCUT2D eigenvalue weighted by molar-refractivity contribution is 4.91. The van der Waals surface area contributed by atoms with Crippen LogP contribution in [0, 0.1) is 11.8 Å². The third-order valence-electron chi connectivity index (χ3n) is 4.88. The van der Waals surface area contributed by atoms with E-state index in [2.05, 4.69) is 12.2 Å². The first-order valence-electron chi connectivity index (χ1n) is 7.17. The van der Waals surface area contributed by atoms with Gasteiger partial charge in [0.05, 0.1) is 5.60 Å². The molecular formula is C14H27NO. The van der Waals surface area contributed by atoms with Gasteiger partial charge in [0.1, 0.15) is 0 Å². The molecule has 1 atom stereocenters. The van der Waals surface area contributed by atoms with Crippen molar-refractivity contribution in [1.82, 2.24) is 5.32 Å². The van der Waals surface area contributed by atoms with Crippen LogP contribution in [0.1, 0.15) is 58.3 Å². The molecule has 94 valence electrons. The van der Waals surface area contributed by atoms with E-state index in [1.807, 2.05) is 0 Å². The highest BCUT2D eigenvalue weighted by Gasteiger charge is 2.38. The zero-order valence-electron chi connectivity index (χ0n) is 10.7. The maximum atomic E-state index is 10.8. The average molecular weight is 225 g/mol. The normalized spacial score (nSPS) is 41.6. The first-order chi connectivity index (χ1) is 7.74. The zero-order valence-corrected chi connectivity index (χ0v) is 10.7. The molecule has 1 unspecified atom stereocenters. The summed E-state index contributed by atoms with van der Waals surface area (Å²) in [5.41, 5.74) is -0.345. The molecule has 16 heavy (non-hydrogen) atoms. The Morgan fingerprint density at radius 1 is 1.12 bits per heavy atom. The van der Waals surface area contributed by atoms with Crippen molar-refractivity contribution >= 4 is 0 Å². The van der Waals surface area contributed by atoms with Crippen LogP contribution in [-0.4, -0.2) is 23.8 Å². The quantitative estimate of drug-likeness (QED) is 0.757. The fraction of sp³-hybridized carbons (Fsp3) is 1.00. The van der Waals surface area contributed by atoms with Gasteiger partial charge >= 0.3 is 0 Å². The van der Waals surface area contributed by atoms with Gasteiger partial charge in [-0.1, -0.05) is 26.2 Å². The van der Waals surface area contributed by atoms with E-state index in [-0.39, 0.29) is 5.60 Å². The monoisotopic (exact) mass is 225 g/mol. The van der Waals surface area contributed by atoms with Crippen LogP contribution in [0.5, 0.6) is 0 Å². The Bertz CT molecular complexity index is 201. The Morgan fingerprint density at radius 3 is 2.56 bits per heavy atom. The Balaban J connectivity index is 1.90. The lowest BCUT2D eigenvalue weighted by Gasteiger charge is -2.40. The summed E-state index contributed by atoms with van der Waals surface area (Å²) in [4.78, 5) is 0. The fourth-order valence-electron chi connectivity index (χ4n) is 3.59. The molecule has 2 rings (SSSR count). The van der Waals surface area contributed by atoms with Crippen LogP contribution in [0.3, 0.4) is 0 Å². The maximum Gasteiger partial charge on any atom is 0.0688 e. The van der Waals surface area contributed by atoms with Crippen LogP contribution in [0.15, 0.2) is 0 Å². The minimum Gasteiger partial charge on any atom is -0.390 e. The highest BCUT2D eigenvalue weighted by Crippen LogP contribution is 2.40. The van der Waals surface area contributed by atoms with E-state index >= 15 is 0 Å². The molecule has 1 aliphatic carbocycles. The molecule has 0 bridgehead atoms. The largest absolute Gasteiger partial charge is 0.390 e. The summed E-state index contributed by atoms with van der Waals surface area (Å²) in [5, 5.41) is 14.2. The minimum atomic E-state index is -0.345. The summed E-state index contributed by atoms with van der Waals surface area (Å²) in [6.45, 7) is 4.39. The summed E-state index contributed by atoms with van der Waals surface area (Å²) in [6.07, 6.45) is 9.66. The van der Waals surface area contributed by atoms with Crippen LogP contribution in [0.4, 0.5) is 0 Å². The van der Waals surface area contributed by atoms with Crippen LogP contribution in [0.2, 0.25) is 0 Å². The molecule has 2 nitrogen and oxygen atoms in total. The van der Waals surface area contributed by atoms with E-state index in [4.69, 9.17) is 0 Å². The van der Waals surface area contributed by atoms with Gasteiger partial charge in [-0.25, -0.2) is 0 Å². The van der Waals surface area contributed by atoms with Gasteiger partial charge in [0.25, 0.3) is 0 Å². The predicted molar refractivity (Wildman–Crippen MR) is 67.4 cm³/mol. The molecule has 0 aromatic heterocycles. The molecule has 2 fully saturated rings. The van der Waals surface area contributed by atoms with Gasteiger partial charge in [-0.2, -0.15) is 0 Å². The molecule has 1 saturated carbocycles. The van der Waals surface area contributed by atoms with E-state index in [1.54, 1.807) is 0 Å². The number of nitrogens with one attached hydrogen (secondary N) is 1. The first kappa shape index (κ1) is 12.4. The summed E-state index contributed by atoms with van der Waals surface area (Å²) in [5.74, 6) is 1.51. The molecule has 0 aromatic rings. The second-order valence-electron chi connectivity index (χ2n) is 5.83. The van der Waals surface area contributed by atoms with Gasteiger partial charge in [-0.05, 0) is 57.0 Å². The fourth-order valence-corrected chi connectivity index (χ4v) is 3.59. The van der Waals surface area contributed by atoms with Crippen LogP contribution < -0.4 is 5.32 Å². The standard InChI is InChI=1S/C14H27NO/c1-2-12-4-6-13(7-5-12)14(16)8-3-10-15-11-9-14/h12-13,15-16H,2-11H2,1H3. The van der Waals surface area contributed by atoms with Crippen molar-refractivity contribution in [2.24, 2.45) is 11.8 Å². The Labute approximate surface area is 99.8 Å². The lowest BCUT2D eigenvalue weighted by molar-refractivity contribution is -0.0477. The topological polar surface area (TPSA) is 32.3 Å². The second-order valence-corrected chi connectivity index (χ2v) is 5.83. The lowest BCUT2D eigenvalue weighted by atomic mass is 9.70. The van der Waals surface area contributed by atoms with Crippen LogP contribution in [-0.2, 0) is 0 Å². The molecule has 0 amide bonds. The number of rotatable bonds is 2. The van der Waals surface area contributed by atoms with Crippen molar-refractivity contribution in [3.63, 3.8) is 0 Å². The third-order valence-corrected chi connectivity index (χ3v) is 4.88. The minimum absolute atomic E-state index is 0.345. The van der Waals surface area contributed by atoms with Crippen molar-refractivity contribution in [2.45, 2.75) is 63.9 Å². The number of hydrogen-bond donors (Lipinski definition) is 2. The van der Waals surface area contributed by atoms with Gasteiger partial charge in [0.2, 0.25) is 0 Å².